The van der Waals surface area contributed by atoms with E-state index < -0.39 is 0 Å². The lowest BCUT2D eigenvalue weighted by molar-refractivity contribution is -1.17. The lowest BCUT2D eigenvalue weighted by Crippen LogP contribution is -2.75. The number of hydrogen-bond donors (Lipinski definition) is 2. The average molecular weight is 458 g/mol. The van der Waals surface area contributed by atoms with Crippen LogP contribution in [0, 0.1) is 17.2 Å². The molecule has 3 saturated heterocycles. The van der Waals surface area contributed by atoms with Crippen molar-refractivity contribution >= 4 is 11.8 Å². The summed E-state index contributed by atoms with van der Waals surface area (Å²) in [5.74, 6) is 1.61. The topological polar surface area (TPSA) is 73.2 Å². The van der Waals surface area contributed by atoms with E-state index in [2.05, 4.69) is 46.6 Å². The highest BCUT2D eigenvalue weighted by Gasteiger charge is 2.67. The number of rotatable bonds is 5. The molecule has 32 heavy (non-hydrogen) atoms. The Morgan fingerprint density at radius 3 is 2.88 bits per heavy atom. The molecule has 174 valence electrons. The zero-order valence-corrected chi connectivity index (χ0v) is 20.2. The molecule has 1 aromatic rings. The summed E-state index contributed by atoms with van der Waals surface area (Å²) in [6.07, 6.45) is 10.8. The number of likely N-dealkylation sites (tertiary alicyclic amines) is 1. The first kappa shape index (κ1) is 22.6. The van der Waals surface area contributed by atoms with Crippen LogP contribution in [0.15, 0.2) is 24.5 Å². The molecule has 0 spiro atoms. The van der Waals surface area contributed by atoms with Gasteiger partial charge in [-0.1, -0.05) is 36.4 Å². The average Bonchev–Trinajstić information content (AvgIpc) is 3.43. The van der Waals surface area contributed by atoms with Gasteiger partial charge in [0.05, 0.1) is 12.1 Å². The number of hydroxylamine groups is 2. The Bertz CT molecular complexity index is 828. The summed E-state index contributed by atoms with van der Waals surface area (Å²) in [5.41, 5.74) is 5.30. The van der Waals surface area contributed by atoms with Gasteiger partial charge < -0.3 is 0 Å². The van der Waals surface area contributed by atoms with Gasteiger partial charge >= 0.3 is 0 Å². The maximum absolute atomic E-state index is 9.64. The van der Waals surface area contributed by atoms with Crippen LogP contribution in [0.5, 0.6) is 0 Å². The van der Waals surface area contributed by atoms with Crippen molar-refractivity contribution in [3.05, 3.63) is 30.1 Å². The highest BCUT2D eigenvalue weighted by Crippen LogP contribution is 2.49. The molecule has 4 aliphatic rings. The molecule has 3 aliphatic heterocycles. The first-order valence-corrected chi connectivity index (χ1v) is 13.3. The van der Waals surface area contributed by atoms with Gasteiger partial charge in [0.15, 0.2) is 6.10 Å². The molecule has 5 atom stereocenters. The predicted octanol–water partition coefficient (Wildman–Crippen LogP) is 3.16. The van der Waals surface area contributed by atoms with Crippen molar-refractivity contribution in [3.8, 4) is 6.07 Å². The third-order valence-electron chi connectivity index (χ3n) is 7.99. The van der Waals surface area contributed by atoms with Gasteiger partial charge in [-0.3, -0.25) is 9.88 Å². The second kappa shape index (κ2) is 9.21. The SMILES string of the molecule is CCC1([N+]2(C3CCC(C)CC3)NC3CCN(Cc4cccnc4)CC3O2)NC(C#N)CS1. The molecule has 2 N–H and O–H groups in total. The van der Waals surface area contributed by atoms with Crippen LogP contribution in [0.4, 0.5) is 0 Å². The van der Waals surface area contributed by atoms with E-state index in [1.165, 1.54) is 31.2 Å². The number of nitriles is 1. The Kier molecular flexibility index (Phi) is 6.49. The molecule has 5 rings (SSSR count). The fourth-order valence-electron chi connectivity index (χ4n) is 6.18. The van der Waals surface area contributed by atoms with Crippen molar-refractivity contribution < 1.29 is 9.59 Å². The smallest absolute Gasteiger partial charge is 0.250 e. The fourth-order valence-corrected chi connectivity index (χ4v) is 7.64. The quantitative estimate of drug-likeness (QED) is 0.658. The van der Waals surface area contributed by atoms with Crippen LogP contribution in [0.25, 0.3) is 0 Å². The molecule has 0 amide bonds. The summed E-state index contributed by atoms with van der Waals surface area (Å²) in [6, 6.07) is 7.29. The van der Waals surface area contributed by atoms with E-state index in [0.29, 0.717) is 16.8 Å². The summed E-state index contributed by atoms with van der Waals surface area (Å²) < 4.78 is 0.481. The maximum Gasteiger partial charge on any atom is 0.250 e. The Morgan fingerprint density at radius 1 is 1.34 bits per heavy atom. The predicted molar refractivity (Wildman–Crippen MR) is 126 cm³/mol. The van der Waals surface area contributed by atoms with Gasteiger partial charge in [0.25, 0.3) is 4.99 Å². The molecule has 4 fully saturated rings. The van der Waals surface area contributed by atoms with Gasteiger partial charge in [-0.2, -0.15) is 10.1 Å². The van der Waals surface area contributed by atoms with E-state index in [9.17, 15) is 5.26 Å². The number of hydrogen-bond acceptors (Lipinski definition) is 7. The number of piperidine rings is 1. The van der Waals surface area contributed by atoms with Gasteiger partial charge in [0.1, 0.15) is 12.1 Å². The van der Waals surface area contributed by atoms with Crippen molar-refractivity contribution in [3.63, 3.8) is 0 Å². The fraction of sp³-hybridized carbons (Fsp3) is 0.750. The first-order chi connectivity index (χ1) is 15.6. The number of quaternary nitrogens is 1. The van der Waals surface area contributed by atoms with Crippen LogP contribution in [-0.2, 0) is 11.4 Å². The second-order valence-electron chi connectivity index (χ2n) is 10.1. The number of fused-ring (bicyclic) bond motifs is 1. The van der Waals surface area contributed by atoms with Gasteiger partial charge in [0.2, 0.25) is 0 Å². The second-order valence-corrected chi connectivity index (χ2v) is 11.4. The standard InChI is InChI=1S/C24H37N6OS/c1-3-24(27-20(13-25)17-32-24)30(21-8-6-18(2)7-9-21)28-22-10-12-29(16-23(22)31-30)15-19-5-4-11-26-14-19/h4-5,11,14,18,20-23,27-28H,3,6-10,12,15-17H2,1-2H3/q+1. The van der Waals surface area contributed by atoms with Crippen molar-refractivity contribution in [1.29, 1.82) is 5.26 Å². The van der Waals surface area contributed by atoms with Crippen LogP contribution in [0.3, 0.4) is 0 Å². The molecule has 1 aromatic heterocycles. The van der Waals surface area contributed by atoms with Crippen molar-refractivity contribution in [2.75, 3.05) is 18.8 Å². The van der Waals surface area contributed by atoms with E-state index in [0.717, 1.165) is 44.1 Å². The Labute approximate surface area is 196 Å². The van der Waals surface area contributed by atoms with Crippen molar-refractivity contribution in [2.24, 2.45) is 5.92 Å². The normalized spacial score (nSPS) is 42.5. The highest BCUT2D eigenvalue weighted by molar-refractivity contribution is 8.00. The summed E-state index contributed by atoms with van der Waals surface area (Å²) in [5, 5.41) is 13.4. The zero-order valence-electron chi connectivity index (χ0n) is 19.4. The minimum absolute atomic E-state index is 0.118. The molecule has 7 nitrogen and oxygen atoms in total. The monoisotopic (exact) mass is 457 g/mol. The molecule has 0 bridgehead atoms. The summed E-state index contributed by atoms with van der Waals surface area (Å²) in [7, 11) is 0. The summed E-state index contributed by atoms with van der Waals surface area (Å²) >= 11 is 1.89. The van der Waals surface area contributed by atoms with E-state index in [4.69, 9.17) is 4.84 Å². The van der Waals surface area contributed by atoms with E-state index in [1.54, 1.807) is 0 Å². The molecule has 0 radical (unpaired) electrons. The van der Waals surface area contributed by atoms with Crippen LogP contribution in [-0.4, -0.2) is 62.7 Å². The third kappa shape index (κ3) is 3.97. The van der Waals surface area contributed by atoms with Crippen LogP contribution in [0.2, 0.25) is 0 Å². The lowest BCUT2D eigenvalue weighted by atomic mass is 9.86. The highest BCUT2D eigenvalue weighted by atomic mass is 32.2. The Morgan fingerprint density at radius 2 is 2.19 bits per heavy atom. The van der Waals surface area contributed by atoms with E-state index in [1.807, 2.05) is 30.2 Å². The van der Waals surface area contributed by atoms with Crippen LogP contribution < -0.4 is 10.7 Å². The Hall–Kier alpha value is -1.21. The number of pyridine rings is 1. The van der Waals surface area contributed by atoms with Gasteiger partial charge in [-0.15, -0.1) is 5.43 Å². The number of thioether (sulfide) groups is 1. The lowest BCUT2D eigenvalue weighted by Gasteiger charge is -2.49. The Balaban J connectivity index is 1.39. The van der Waals surface area contributed by atoms with E-state index >= 15 is 0 Å². The molecule has 4 heterocycles. The van der Waals surface area contributed by atoms with Gasteiger partial charge in [-0.25, -0.2) is 5.32 Å². The van der Waals surface area contributed by atoms with Crippen molar-refractivity contribution in [2.45, 2.75) is 88.1 Å². The zero-order chi connectivity index (χ0) is 22.2. The minimum atomic E-state index is -0.308. The summed E-state index contributed by atoms with van der Waals surface area (Å²) in [4.78, 5) is 13.6. The summed E-state index contributed by atoms with van der Waals surface area (Å²) in [6.45, 7) is 7.53. The molecule has 0 aromatic carbocycles. The van der Waals surface area contributed by atoms with Crippen molar-refractivity contribution in [1.82, 2.24) is 20.6 Å². The number of aromatic nitrogens is 1. The number of nitrogens with zero attached hydrogens (tertiary/aromatic N) is 4. The molecule has 1 saturated carbocycles. The van der Waals surface area contributed by atoms with Crippen LogP contribution in [0.1, 0.15) is 57.9 Å². The minimum Gasteiger partial charge on any atom is -0.296 e. The molecule has 5 unspecified atom stereocenters. The molecule has 1 aliphatic carbocycles. The number of nitrogens with one attached hydrogen (secondary N) is 2. The molecular weight excluding hydrogens is 420 g/mol. The largest absolute Gasteiger partial charge is 0.296 e. The van der Waals surface area contributed by atoms with Crippen LogP contribution >= 0.6 is 11.8 Å². The van der Waals surface area contributed by atoms with Gasteiger partial charge in [0, 0.05) is 57.0 Å². The third-order valence-corrected chi connectivity index (χ3v) is 9.65. The van der Waals surface area contributed by atoms with E-state index in [-0.39, 0.29) is 17.1 Å². The first-order valence-electron chi connectivity index (χ1n) is 12.3. The molecule has 8 heteroatoms. The van der Waals surface area contributed by atoms with Gasteiger partial charge in [-0.05, 0) is 36.8 Å². The molecular formula is C24H37N6OS+. The maximum atomic E-state index is 9.64.